The van der Waals surface area contributed by atoms with Gasteiger partial charge in [0.05, 0.1) is 13.2 Å². The fourth-order valence-corrected chi connectivity index (χ4v) is 3.09. The fraction of sp³-hybridized carbons (Fsp3) is 0.600. The van der Waals surface area contributed by atoms with Gasteiger partial charge in [-0.2, -0.15) is 4.39 Å². The monoisotopic (exact) mass is 285 g/mol. The Morgan fingerprint density at radius 2 is 2.25 bits per heavy atom. The molecular weight excluding hydrogens is 264 g/mol. The maximum absolute atomic E-state index is 13.4. The molecule has 20 heavy (non-hydrogen) atoms. The molecule has 1 aliphatic carbocycles. The van der Waals surface area contributed by atoms with Gasteiger partial charge in [0, 0.05) is 5.54 Å². The SMILES string of the molecule is CNC1(CO)CCCC1CCOc1cccc(F)c1F. The smallest absolute Gasteiger partial charge is 0.200 e. The highest BCUT2D eigenvalue weighted by Crippen LogP contribution is 2.37. The number of rotatable bonds is 6. The molecule has 1 fully saturated rings. The highest BCUT2D eigenvalue weighted by molar-refractivity contribution is 5.25. The minimum absolute atomic E-state index is 0.0537. The summed E-state index contributed by atoms with van der Waals surface area (Å²) < 4.78 is 31.8. The third kappa shape index (κ3) is 2.94. The van der Waals surface area contributed by atoms with Gasteiger partial charge >= 0.3 is 0 Å². The number of aliphatic hydroxyl groups is 1. The van der Waals surface area contributed by atoms with Crippen molar-refractivity contribution >= 4 is 0 Å². The van der Waals surface area contributed by atoms with Crippen molar-refractivity contribution in [2.24, 2.45) is 5.92 Å². The van der Waals surface area contributed by atoms with Crippen LogP contribution >= 0.6 is 0 Å². The van der Waals surface area contributed by atoms with Crippen molar-refractivity contribution in [3.05, 3.63) is 29.8 Å². The van der Waals surface area contributed by atoms with Crippen LogP contribution in [0.2, 0.25) is 0 Å². The van der Waals surface area contributed by atoms with Crippen molar-refractivity contribution in [3.63, 3.8) is 0 Å². The Balaban J connectivity index is 1.91. The number of halogens is 2. The minimum atomic E-state index is -0.944. The predicted octanol–water partition coefficient (Wildman–Crippen LogP) is 2.48. The van der Waals surface area contributed by atoms with Crippen LogP contribution in [-0.2, 0) is 0 Å². The Bertz CT molecular complexity index is 449. The van der Waals surface area contributed by atoms with E-state index in [4.69, 9.17) is 4.74 Å². The van der Waals surface area contributed by atoms with E-state index in [1.54, 1.807) is 0 Å². The van der Waals surface area contributed by atoms with Crippen LogP contribution < -0.4 is 10.1 Å². The van der Waals surface area contributed by atoms with E-state index in [0.29, 0.717) is 13.0 Å². The molecule has 1 saturated carbocycles. The number of nitrogens with one attached hydrogen (secondary N) is 1. The van der Waals surface area contributed by atoms with Crippen LogP contribution in [0.3, 0.4) is 0 Å². The van der Waals surface area contributed by atoms with Crippen molar-refractivity contribution in [1.29, 1.82) is 0 Å². The molecule has 0 saturated heterocycles. The average molecular weight is 285 g/mol. The van der Waals surface area contributed by atoms with E-state index in [9.17, 15) is 13.9 Å². The average Bonchev–Trinajstić information content (AvgIpc) is 2.87. The van der Waals surface area contributed by atoms with Crippen LogP contribution in [0.25, 0.3) is 0 Å². The van der Waals surface area contributed by atoms with E-state index < -0.39 is 11.6 Å². The van der Waals surface area contributed by atoms with E-state index in [1.165, 1.54) is 12.1 Å². The number of hydrogen-bond donors (Lipinski definition) is 2. The second kappa shape index (κ2) is 6.50. The zero-order valence-electron chi connectivity index (χ0n) is 11.7. The molecule has 0 amide bonds. The number of likely N-dealkylation sites (N-methyl/N-ethyl adjacent to an activating group) is 1. The highest BCUT2D eigenvalue weighted by atomic mass is 19.2. The molecule has 5 heteroatoms. The molecule has 0 aliphatic heterocycles. The van der Waals surface area contributed by atoms with Gasteiger partial charge in [-0.15, -0.1) is 0 Å². The zero-order valence-corrected chi connectivity index (χ0v) is 11.7. The van der Waals surface area contributed by atoms with Crippen molar-refractivity contribution in [2.45, 2.75) is 31.2 Å². The van der Waals surface area contributed by atoms with Crippen LogP contribution in [0.15, 0.2) is 18.2 Å². The Hall–Kier alpha value is -1.20. The lowest BCUT2D eigenvalue weighted by Gasteiger charge is -2.33. The summed E-state index contributed by atoms with van der Waals surface area (Å²) in [5.41, 5.74) is -0.260. The molecule has 1 aromatic carbocycles. The number of hydrogen-bond acceptors (Lipinski definition) is 3. The number of ether oxygens (including phenoxy) is 1. The standard InChI is InChI=1S/C15H21F2NO2/c1-18-15(10-19)8-3-4-11(15)7-9-20-13-6-2-5-12(16)14(13)17/h2,5-6,11,18-19H,3-4,7-10H2,1H3. The van der Waals surface area contributed by atoms with Gasteiger partial charge in [0.25, 0.3) is 0 Å². The molecule has 1 aromatic rings. The van der Waals surface area contributed by atoms with Crippen LogP contribution in [0.5, 0.6) is 5.75 Å². The molecule has 1 aliphatic rings. The van der Waals surface area contributed by atoms with Gasteiger partial charge in [0.1, 0.15) is 0 Å². The largest absolute Gasteiger partial charge is 0.490 e. The third-order valence-corrected chi connectivity index (χ3v) is 4.38. The molecule has 0 bridgehead atoms. The van der Waals surface area contributed by atoms with Crippen LogP contribution in [0.4, 0.5) is 8.78 Å². The van der Waals surface area contributed by atoms with E-state index in [-0.39, 0.29) is 23.8 Å². The molecule has 112 valence electrons. The minimum Gasteiger partial charge on any atom is -0.490 e. The topological polar surface area (TPSA) is 41.5 Å². The summed E-state index contributed by atoms with van der Waals surface area (Å²) in [5, 5.41) is 12.8. The summed E-state index contributed by atoms with van der Waals surface area (Å²) in [7, 11) is 1.85. The second-order valence-electron chi connectivity index (χ2n) is 5.34. The summed E-state index contributed by atoms with van der Waals surface area (Å²) in [4.78, 5) is 0. The summed E-state index contributed by atoms with van der Waals surface area (Å²) in [6, 6.07) is 3.91. The Morgan fingerprint density at radius 1 is 1.45 bits per heavy atom. The van der Waals surface area contributed by atoms with E-state index in [1.807, 2.05) is 7.05 Å². The van der Waals surface area contributed by atoms with Crippen molar-refractivity contribution in [2.75, 3.05) is 20.3 Å². The van der Waals surface area contributed by atoms with Crippen LogP contribution in [-0.4, -0.2) is 30.9 Å². The normalized spacial score (nSPS) is 25.9. The molecule has 2 atom stereocenters. The molecule has 2 N–H and O–H groups in total. The quantitative estimate of drug-likeness (QED) is 0.843. The molecular formula is C15H21F2NO2. The van der Waals surface area contributed by atoms with Crippen molar-refractivity contribution < 1.29 is 18.6 Å². The molecule has 0 spiro atoms. The van der Waals surface area contributed by atoms with Gasteiger partial charge in [0.15, 0.2) is 11.6 Å². The van der Waals surface area contributed by atoms with E-state index in [0.717, 1.165) is 25.3 Å². The first-order valence-corrected chi connectivity index (χ1v) is 6.99. The van der Waals surface area contributed by atoms with Gasteiger partial charge in [0.2, 0.25) is 5.82 Å². The maximum atomic E-state index is 13.4. The van der Waals surface area contributed by atoms with Gasteiger partial charge < -0.3 is 15.2 Å². The first-order valence-electron chi connectivity index (χ1n) is 6.99. The Kier molecular flexibility index (Phi) is 4.94. The molecule has 0 aromatic heterocycles. The molecule has 0 heterocycles. The first-order chi connectivity index (χ1) is 9.63. The van der Waals surface area contributed by atoms with Gasteiger partial charge in [-0.05, 0) is 44.4 Å². The second-order valence-corrected chi connectivity index (χ2v) is 5.34. The maximum Gasteiger partial charge on any atom is 0.200 e. The predicted molar refractivity (Wildman–Crippen MR) is 72.7 cm³/mol. The summed E-state index contributed by atoms with van der Waals surface area (Å²) in [6.07, 6.45) is 3.70. The van der Waals surface area contributed by atoms with Crippen molar-refractivity contribution in [3.8, 4) is 5.75 Å². The highest BCUT2D eigenvalue weighted by Gasteiger charge is 2.40. The van der Waals surface area contributed by atoms with Crippen molar-refractivity contribution in [1.82, 2.24) is 5.32 Å². The first kappa shape index (κ1) is 15.2. The molecule has 2 rings (SSSR count). The number of aliphatic hydroxyl groups excluding tert-OH is 1. The van der Waals surface area contributed by atoms with Gasteiger partial charge in [-0.3, -0.25) is 0 Å². The lowest BCUT2D eigenvalue weighted by molar-refractivity contribution is 0.116. The number of benzene rings is 1. The molecule has 2 unspecified atom stereocenters. The van der Waals surface area contributed by atoms with Gasteiger partial charge in [-0.25, -0.2) is 4.39 Å². The zero-order chi connectivity index (χ0) is 14.6. The summed E-state index contributed by atoms with van der Waals surface area (Å²) in [5.74, 6) is -1.61. The summed E-state index contributed by atoms with van der Waals surface area (Å²) in [6.45, 7) is 0.400. The lowest BCUT2D eigenvalue weighted by atomic mass is 9.86. The fourth-order valence-electron chi connectivity index (χ4n) is 3.09. The van der Waals surface area contributed by atoms with Crippen LogP contribution in [0.1, 0.15) is 25.7 Å². The van der Waals surface area contributed by atoms with Gasteiger partial charge in [-0.1, -0.05) is 12.5 Å². The lowest BCUT2D eigenvalue weighted by Crippen LogP contribution is -2.49. The molecule has 3 nitrogen and oxygen atoms in total. The van der Waals surface area contributed by atoms with Crippen LogP contribution in [0, 0.1) is 17.6 Å². The Morgan fingerprint density at radius 3 is 2.95 bits per heavy atom. The summed E-state index contributed by atoms with van der Waals surface area (Å²) >= 11 is 0. The molecule has 0 radical (unpaired) electrons. The third-order valence-electron chi connectivity index (χ3n) is 4.38. The van der Waals surface area contributed by atoms with E-state index >= 15 is 0 Å². The van der Waals surface area contributed by atoms with E-state index in [2.05, 4.69) is 5.32 Å². The Labute approximate surface area is 117 Å².